The molecule has 0 radical (unpaired) electrons. The zero-order valence-electron chi connectivity index (χ0n) is 11.2. The predicted molar refractivity (Wildman–Crippen MR) is 77.0 cm³/mol. The van der Waals surface area contributed by atoms with E-state index >= 15 is 0 Å². The molecular formula is C14H27ClN2O. The molecule has 0 spiro atoms. The molecule has 0 bridgehead atoms. The number of carbonyl (C=O) groups excluding carboxylic acids is 1. The van der Waals surface area contributed by atoms with Crippen molar-refractivity contribution in [2.24, 2.45) is 11.8 Å². The highest BCUT2D eigenvalue weighted by molar-refractivity contribution is 5.85. The van der Waals surface area contributed by atoms with Crippen LogP contribution in [-0.4, -0.2) is 25.5 Å². The summed E-state index contributed by atoms with van der Waals surface area (Å²) in [6.07, 6.45) is 9.84. The van der Waals surface area contributed by atoms with Crippen LogP contribution in [0.15, 0.2) is 0 Å². The number of piperidine rings is 1. The molecule has 1 unspecified atom stereocenters. The zero-order chi connectivity index (χ0) is 11.9. The fraction of sp³-hybridized carbons (Fsp3) is 0.929. The lowest BCUT2D eigenvalue weighted by Crippen LogP contribution is -2.40. The number of nitrogens with one attached hydrogen (secondary N) is 2. The standard InChI is InChI=1S/C14H26N2O.ClH/c17-14(13-7-3-1-2-4-8-13)16-11-12-6-5-9-15-10-12;/h12-13,15H,1-11H2,(H,16,17);1H. The van der Waals surface area contributed by atoms with E-state index in [-0.39, 0.29) is 12.4 Å². The minimum atomic E-state index is 0. The molecule has 1 atom stereocenters. The van der Waals surface area contributed by atoms with Crippen molar-refractivity contribution in [3.63, 3.8) is 0 Å². The Balaban J connectivity index is 0.00000162. The van der Waals surface area contributed by atoms with Gasteiger partial charge in [-0.05, 0) is 44.7 Å². The quantitative estimate of drug-likeness (QED) is 0.777. The average Bonchev–Trinajstić information content (AvgIpc) is 2.66. The molecule has 0 aromatic heterocycles. The third-order valence-corrected chi connectivity index (χ3v) is 4.19. The van der Waals surface area contributed by atoms with E-state index in [1.165, 1.54) is 38.5 Å². The van der Waals surface area contributed by atoms with Crippen molar-refractivity contribution in [2.45, 2.75) is 51.4 Å². The lowest BCUT2D eigenvalue weighted by Gasteiger charge is -2.24. The van der Waals surface area contributed by atoms with E-state index in [0.29, 0.717) is 17.7 Å². The smallest absolute Gasteiger partial charge is 0.223 e. The van der Waals surface area contributed by atoms with Crippen LogP contribution in [0, 0.1) is 11.8 Å². The Morgan fingerprint density at radius 1 is 1.06 bits per heavy atom. The first-order valence-electron chi connectivity index (χ1n) is 7.34. The molecule has 4 heteroatoms. The highest BCUT2D eigenvalue weighted by Gasteiger charge is 2.21. The van der Waals surface area contributed by atoms with Crippen LogP contribution in [-0.2, 0) is 4.79 Å². The maximum absolute atomic E-state index is 12.1. The number of amides is 1. The van der Waals surface area contributed by atoms with E-state index in [4.69, 9.17) is 0 Å². The highest BCUT2D eigenvalue weighted by Crippen LogP contribution is 2.23. The molecule has 2 fully saturated rings. The van der Waals surface area contributed by atoms with Gasteiger partial charge in [0.1, 0.15) is 0 Å². The second kappa shape index (κ2) is 8.76. The fourth-order valence-corrected chi connectivity index (χ4v) is 3.03. The summed E-state index contributed by atoms with van der Waals surface area (Å²) in [5.74, 6) is 1.27. The number of hydrogen-bond acceptors (Lipinski definition) is 2. The Hall–Kier alpha value is -0.280. The van der Waals surface area contributed by atoms with E-state index in [2.05, 4.69) is 10.6 Å². The van der Waals surface area contributed by atoms with E-state index < -0.39 is 0 Å². The molecule has 0 aromatic carbocycles. The second-order valence-corrected chi connectivity index (χ2v) is 5.65. The van der Waals surface area contributed by atoms with E-state index in [1.54, 1.807) is 0 Å². The van der Waals surface area contributed by atoms with Gasteiger partial charge in [0.25, 0.3) is 0 Å². The Kier molecular flexibility index (Phi) is 7.68. The summed E-state index contributed by atoms with van der Waals surface area (Å²) in [6, 6.07) is 0. The second-order valence-electron chi connectivity index (χ2n) is 5.65. The topological polar surface area (TPSA) is 41.1 Å². The molecular weight excluding hydrogens is 248 g/mol. The molecule has 1 saturated heterocycles. The maximum atomic E-state index is 12.1. The van der Waals surface area contributed by atoms with Crippen LogP contribution >= 0.6 is 12.4 Å². The molecule has 2 rings (SSSR count). The van der Waals surface area contributed by atoms with Gasteiger partial charge in [-0.1, -0.05) is 25.7 Å². The van der Waals surface area contributed by atoms with Crippen molar-refractivity contribution in [1.29, 1.82) is 0 Å². The van der Waals surface area contributed by atoms with Gasteiger partial charge < -0.3 is 10.6 Å². The van der Waals surface area contributed by atoms with Crippen LogP contribution in [0.5, 0.6) is 0 Å². The van der Waals surface area contributed by atoms with Crippen LogP contribution in [0.2, 0.25) is 0 Å². The van der Waals surface area contributed by atoms with Crippen LogP contribution < -0.4 is 10.6 Å². The third-order valence-electron chi connectivity index (χ3n) is 4.19. The molecule has 1 heterocycles. The minimum Gasteiger partial charge on any atom is -0.356 e. The van der Waals surface area contributed by atoms with Crippen LogP contribution in [0.3, 0.4) is 0 Å². The van der Waals surface area contributed by atoms with Crippen molar-refractivity contribution >= 4 is 18.3 Å². The molecule has 1 aliphatic heterocycles. The molecule has 3 nitrogen and oxygen atoms in total. The normalized spacial score (nSPS) is 25.9. The molecule has 0 aromatic rings. The van der Waals surface area contributed by atoms with Gasteiger partial charge in [0.05, 0.1) is 0 Å². The van der Waals surface area contributed by atoms with Gasteiger partial charge in [-0.25, -0.2) is 0 Å². The summed E-state index contributed by atoms with van der Waals surface area (Å²) in [5, 5.41) is 6.57. The lowest BCUT2D eigenvalue weighted by molar-refractivity contribution is -0.125. The van der Waals surface area contributed by atoms with Crippen LogP contribution in [0.1, 0.15) is 51.4 Å². The van der Waals surface area contributed by atoms with Gasteiger partial charge >= 0.3 is 0 Å². The van der Waals surface area contributed by atoms with E-state index in [9.17, 15) is 4.79 Å². The molecule has 1 saturated carbocycles. The van der Waals surface area contributed by atoms with Gasteiger partial charge in [-0.15, -0.1) is 12.4 Å². The lowest BCUT2D eigenvalue weighted by atomic mass is 9.97. The van der Waals surface area contributed by atoms with Gasteiger partial charge in [-0.3, -0.25) is 4.79 Å². The minimum absolute atomic E-state index is 0. The first kappa shape index (κ1) is 15.8. The molecule has 18 heavy (non-hydrogen) atoms. The molecule has 2 N–H and O–H groups in total. The summed E-state index contributed by atoms with van der Waals surface area (Å²) >= 11 is 0. The number of hydrogen-bond donors (Lipinski definition) is 2. The first-order valence-corrected chi connectivity index (χ1v) is 7.34. The summed E-state index contributed by atoms with van der Waals surface area (Å²) < 4.78 is 0. The van der Waals surface area contributed by atoms with Gasteiger partial charge in [0, 0.05) is 12.5 Å². The van der Waals surface area contributed by atoms with E-state index in [0.717, 1.165) is 32.5 Å². The first-order chi connectivity index (χ1) is 8.36. The van der Waals surface area contributed by atoms with Crippen LogP contribution in [0.4, 0.5) is 0 Å². The third kappa shape index (κ3) is 5.15. The summed E-state index contributed by atoms with van der Waals surface area (Å²) in [7, 11) is 0. The van der Waals surface area contributed by atoms with Crippen molar-refractivity contribution in [3.8, 4) is 0 Å². The Morgan fingerprint density at radius 3 is 2.39 bits per heavy atom. The number of halogens is 1. The predicted octanol–water partition coefficient (Wildman–Crippen LogP) is 2.49. The Labute approximate surface area is 117 Å². The molecule has 1 aliphatic carbocycles. The zero-order valence-corrected chi connectivity index (χ0v) is 12.1. The molecule has 2 aliphatic rings. The highest BCUT2D eigenvalue weighted by atomic mass is 35.5. The van der Waals surface area contributed by atoms with Gasteiger partial charge in [0.2, 0.25) is 5.91 Å². The van der Waals surface area contributed by atoms with E-state index in [1.807, 2.05) is 0 Å². The summed E-state index contributed by atoms with van der Waals surface area (Å²) in [5.41, 5.74) is 0. The van der Waals surface area contributed by atoms with Gasteiger partial charge in [-0.2, -0.15) is 0 Å². The Bertz CT molecular complexity index is 234. The summed E-state index contributed by atoms with van der Waals surface area (Å²) in [6.45, 7) is 3.10. The average molecular weight is 275 g/mol. The molecule has 1 amide bonds. The van der Waals surface area contributed by atoms with Crippen molar-refractivity contribution in [3.05, 3.63) is 0 Å². The Morgan fingerprint density at radius 2 is 1.78 bits per heavy atom. The number of carbonyl (C=O) groups is 1. The molecule has 106 valence electrons. The SMILES string of the molecule is Cl.O=C(NCC1CCCNC1)C1CCCCCC1. The number of rotatable bonds is 3. The van der Waals surface area contributed by atoms with Crippen molar-refractivity contribution < 1.29 is 4.79 Å². The largest absolute Gasteiger partial charge is 0.356 e. The monoisotopic (exact) mass is 274 g/mol. The van der Waals surface area contributed by atoms with Crippen LogP contribution in [0.25, 0.3) is 0 Å². The fourth-order valence-electron chi connectivity index (χ4n) is 3.03. The summed E-state index contributed by atoms with van der Waals surface area (Å²) in [4.78, 5) is 12.1. The van der Waals surface area contributed by atoms with Crippen molar-refractivity contribution in [1.82, 2.24) is 10.6 Å². The maximum Gasteiger partial charge on any atom is 0.223 e. The van der Waals surface area contributed by atoms with Crippen molar-refractivity contribution in [2.75, 3.05) is 19.6 Å². The van der Waals surface area contributed by atoms with Gasteiger partial charge in [0.15, 0.2) is 0 Å².